The number of nitrogens with one attached hydrogen (secondary N) is 2. The largest absolute Gasteiger partial charge is 0.343 e. The summed E-state index contributed by atoms with van der Waals surface area (Å²) in [6, 6.07) is 3.73. The first-order valence-corrected chi connectivity index (χ1v) is 9.03. The third kappa shape index (κ3) is 2.36. The fraction of sp³-hybridized carbons (Fsp3) is 0.294. The predicted molar refractivity (Wildman–Crippen MR) is 92.2 cm³/mol. The van der Waals surface area contributed by atoms with Crippen LogP contribution in [-0.2, 0) is 4.79 Å². The SMILES string of the molecule is CSc1nc2c(c(=O)[nH]1)C(c1cccnc1)C1=C(CCCC1=O)N2. The van der Waals surface area contributed by atoms with Gasteiger partial charge in [-0.3, -0.25) is 14.6 Å². The lowest BCUT2D eigenvalue weighted by molar-refractivity contribution is -0.116. The molecule has 4 rings (SSSR count). The Morgan fingerprint density at radius 2 is 2.17 bits per heavy atom. The molecule has 2 N–H and O–H groups in total. The van der Waals surface area contributed by atoms with Crippen LogP contribution in [0.15, 0.2) is 45.7 Å². The Balaban J connectivity index is 1.99. The van der Waals surface area contributed by atoms with Crippen molar-refractivity contribution in [3.05, 3.63) is 57.3 Å². The van der Waals surface area contributed by atoms with E-state index in [2.05, 4.69) is 20.3 Å². The third-order valence-corrected chi connectivity index (χ3v) is 5.03. The third-order valence-electron chi connectivity index (χ3n) is 4.45. The molecule has 0 bridgehead atoms. The molecule has 2 aromatic rings. The van der Waals surface area contributed by atoms with E-state index in [9.17, 15) is 9.59 Å². The zero-order chi connectivity index (χ0) is 16.7. The number of aromatic amines is 1. The van der Waals surface area contributed by atoms with Gasteiger partial charge in [-0.2, -0.15) is 0 Å². The molecule has 2 aromatic heterocycles. The quantitative estimate of drug-likeness (QED) is 0.645. The van der Waals surface area contributed by atoms with Gasteiger partial charge in [0.25, 0.3) is 5.56 Å². The van der Waals surface area contributed by atoms with Crippen molar-refractivity contribution >= 4 is 23.4 Å². The molecule has 2 aliphatic rings. The Morgan fingerprint density at radius 3 is 2.92 bits per heavy atom. The Bertz CT molecular complexity index is 905. The van der Waals surface area contributed by atoms with Crippen molar-refractivity contribution in [3.8, 4) is 0 Å². The van der Waals surface area contributed by atoms with Gasteiger partial charge in [-0.05, 0) is 30.7 Å². The number of aromatic nitrogens is 3. The molecule has 0 fully saturated rings. The van der Waals surface area contributed by atoms with Gasteiger partial charge in [-0.1, -0.05) is 17.8 Å². The highest BCUT2D eigenvalue weighted by atomic mass is 32.2. The molecule has 1 atom stereocenters. The maximum absolute atomic E-state index is 12.7. The predicted octanol–water partition coefficient (Wildman–Crippen LogP) is 2.45. The number of Topliss-reactive ketones (excluding diaryl/α,β-unsaturated/α-hetero) is 1. The molecule has 0 saturated heterocycles. The molecule has 3 heterocycles. The number of carbonyl (C=O) groups excluding carboxylic acids is 1. The van der Waals surface area contributed by atoms with E-state index in [1.807, 2.05) is 18.4 Å². The van der Waals surface area contributed by atoms with Crippen molar-refractivity contribution in [2.45, 2.75) is 30.3 Å². The summed E-state index contributed by atoms with van der Waals surface area (Å²) >= 11 is 1.38. The van der Waals surface area contributed by atoms with E-state index >= 15 is 0 Å². The fourth-order valence-electron chi connectivity index (χ4n) is 3.42. The second-order valence-electron chi connectivity index (χ2n) is 5.85. The molecule has 0 saturated carbocycles. The molecule has 24 heavy (non-hydrogen) atoms. The summed E-state index contributed by atoms with van der Waals surface area (Å²) in [6.07, 6.45) is 7.39. The highest BCUT2D eigenvalue weighted by molar-refractivity contribution is 7.98. The summed E-state index contributed by atoms with van der Waals surface area (Å²) in [4.78, 5) is 36.8. The standard InChI is InChI=1S/C17H16N4O2S/c1-24-17-20-15-14(16(23)21-17)12(9-4-3-7-18-8-9)13-10(19-15)5-2-6-11(13)22/h3-4,7-8,12H,2,5-6H2,1H3,(H2,19,20,21,23). The summed E-state index contributed by atoms with van der Waals surface area (Å²) < 4.78 is 0. The zero-order valence-corrected chi connectivity index (χ0v) is 13.9. The second-order valence-corrected chi connectivity index (χ2v) is 6.65. The van der Waals surface area contributed by atoms with Crippen molar-refractivity contribution in [2.24, 2.45) is 0 Å². The van der Waals surface area contributed by atoms with E-state index in [1.165, 1.54) is 11.8 Å². The molecular weight excluding hydrogens is 324 g/mol. The number of thioether (sulfide) groups is 1. The number of nitrogens with zero attached hydrogens (tertiary/aromatic N) is 2. The summed E-state index contributed by atoms with van der Waals surface area (Å²) in [5, 5.41) is 3.80. The minimum Gasteiger partial charge on any atom is -0.343 e. The van der Waals surface area contributed by atoms with Crippen LogP contribution >= 0.6 is 11.8 Å². The first-order valence-electron chi connectivity index (χ1n) is 7.80. The van der Waals surface area contributed by atoms with Crippen molar-refractivity contribution in [2.75, 3.05) is 11.6 Å². The maximum atomic E-state index is 12.7. The Labute approximate surface area is 142 Å². The molecule has 0 radical (unpaired) electrons. The average molecular weight is 340 g/mol. The van der Waals surface area contributed by atoms with Crippen LogP contribution in [0.25, 0.3) is 0 Å². The molecule has 6 nitrogen and oxygen atoms in total. The summed E-state index contributed by atoms with van der Waals surface area (Å²) in [5.74, 6) is 0.229. The van der Waals surface area contributed by atoms with Crippen LogP contribution in [0.2, 0.25) is 0 Å². The van der Waals surface area contributed by atoms with Gasteiger partial charge in [0.1, 0.15) is 5.82 Å². The fourth-order valence-corrected chi connectivity index (χ4v) is 3.79. The van der Waals surface area contributed by atoms with Gasteiger partial charge in [-0.25, -0.2) is 4.98 Å². The first-order chi connectivity index (χ1) is 11.7. The van der Waals surface area contributed by atoms with Gasteiger partial charge in [0, 0.05) is 36.0 Å². The molecule has 0 amide bonds. The molecule has 1 aliphatic heterocycles. The van der Waals surface area contributed by atoms with E-state index in [0.29, 0.717) is 28.5 Å². The lowest BCUT2D eigenvalue weighted by Crippen LogP contribution is -2.32. The molecule has 0 aromatic carbocycles. The van der Waals surface area contributed by atoms with E-state index in [4.69, 9.17) is 0 Å². The monoisotopic (exact) mass is 340 g/mol. The molecule has 122 valence electrons. The van der Waals surface area contributed by atoms with Crippen LogP contribution < -0.4 is 10.9 Å². The molecule has 0 spiro atoms. The number of carbonyl (C=O) groups is 1. The molecule has 1 unspecified atom stereocenters. The van der Waals surface area contributed by atoms with Crippen LogP contribution in [0.5, 0.6) is 0 Å². The van der Waals surface area contributed by atoms with E-state index in [-0.39, 0.29) is 11.3 Å². The molecular formula is C17H16N4O2S. The Hall–Kier alpha value is -2.41. The Morgan fingerprint density at radius 1 is 1.29 bits per heavy atom. The summed E-state index contributed by atoms with van der Waals surface area (Å²) in [7, 11) is 0. The van der Waals surface area contributed by atoms with Crippen LogP contribution in [0, 0.1) is 0 Å². The summed E-state index contributed by atoms with van der Waals surface area (Å²) in [5.41, 5.74) is 2.70. The number of allylic oxidation sites excluding steroid dienone is 2. The van der Waals surface area contributed by atoms with Gasteiger partial charge >= 0.3 is 0 Å². The highest BCUT2D eigenvalue weighted by Gasteiger charge is 2.37. The van der Waals surface area contributed by atoms with Gasteiger partial charge in [-0.15, -0.1) is 0 Å². The van der Waals surface area contributed by atoms with E-state index < -0.39 is 5.92 Å². The number of rotatable bonds is 2. The van der Waals surface area contributed by atoms with Crippen LogP contribution in [0.3, 0.4) is 0 Å². The second kappa shape index (κ2) is 5.90. The van der Waals surface area contributed by atoms with Crippen molar-refractivity contribution < 1.29 is 4.79 Å². The minimum absolute atomic E-state index is 0.0941. The minimum atomic E-state index is -0.412. The van der Waals surface area contributed by atoms with E-state index in [1.54, 1.807) is 12.4 Å². The van der Waals surface area contributed by atoms with E-state index in [0.717, 1.165) is 24.1 Å². The molecule has 1 aliphatic carbocycles. The topological polar surface area (TPSA) is 87.7 Å². The zero-order valence-electron chi connectivity index (χ0n) is 13.1. The van der Waals surface area contributed by atoms with Gasteiger partial charge in [0.15, 0.2) is 10.9 Å². The summed E-state index contributed by atoms with van der Waals surface area (Å²) in [6.45, 7) is 0. The number of fused-ring (bicyclic) bond motifs is 1. The number of pyridine rings is 1. The number of anilines is 1. The maximum Gasteiger partial charge on any atom is 0.257 e. The number of ketones is 1. The van der Waals surface area contributed by atoms with Gasteiger partial charge in [0.05, 0.1) is 5.56 Å². The number of hydrogen-bond donors (Lipinski definition) is 2. The highest BCUT2D eigenvalue weighted by Crippen LogP contribution is 2.43. The lowest BCUT2D eigenvalue weighted by Gasteiger charge is -2.32. The number of hydrogen-bond acceptors (Lipinski definition) is 6. The first kappa shape index (κ1) is 15.1. The van der Waals surface area contributed by atoms with Crippen LogP contribution in [-0.4, -0.2) is 27.0 Å². The Kier molecular flexibility index (Phi) is 3.72. The molecule has 7 heteroatoms. The van der Waals surface area contributed by atoms with Crippen LogP contribution in [0.1, 0.15) is 36.3 Å². The normalized spacial score (nSPS) is 19.5. The number of H-pyrrole nitrogens is 1. The van der Waals surface area contributed by atoms with Gasteiger partial charge in [0.2, 0.25) is 0 Å². The van der Waals surface area contributed by atoms with Crippen LogP contribution in [0.4, 0.5) is 5.82 Å². The van der Waals surface area contributed by atoms with Crippen molar-refractivity contribution in [3.63, 3.8) is 0 Å². The average Bonchev–Trinajstić information content (AvgIpc) is 2.60. The van der Waals surface area contributed by atoms with Gasteiger partial charge < -0.3 is 10.3 Å². The lowest BCUT2D eigenvalue weighted by atomic mass is 9.77. The van der Waals surface area contributed by atoms with Crippen molar-refractivity contribution in [1.29, 1.82) is 0 Å². The smallest absolute Gasteiger partial charge is 0.257 e. The van der Waals surface area contributed by atoms with Crippen molar-refractivity contribution in [1.82, 2.24) is 15.0 Å².